The maximum atomic E-state index is 6.33. The van der Waals surface area contributed by atoms with E-state index in [1.165, 1.54) is 25.7 Å². The maximum Gasteiger partial charge on any atom is 0.0834 e. The third kappa shape index (κ3) is 3.30. The largest absolute Gasteiger partial charge is 0.271 e. The van der Waals surface area contributed by atoms with E-state index in [0.717, 1.165) is 29.6 Å². The molecule has 1 aromatic heterocycles. The van der Waals surface area contributed by atoms with Gasteiger partial charge in [-0.1, -0.05) is 38.3 Å². The molecule has 108 valence electrons. The van der Waals surface area contributed by atoms with Crippen LogP contribution in [0.3, 0.4) is 0 Å². The summed E-state index contributed by atoms with van der Waals surface area (Å²) in [6.45, 7) is 5.36. The Kier molecular flexibility index (Phi) is 5.25. The number of halogens is 1. The van der Waals surface area contributed by atoms with Gasteiger partial charge in [0.25, 0.3) is 0 Å². The lowest BCUT2D eigenvalue weighted by molar-refractivity contribution is 0.217. The Morgan fingerprint density at radius 1 is 1.58 bits per heavy atom. The van der Waals surface area contributed by atoms with E-state index in [1.807, 2.05) is 4.68 Å². The van der Waals surface area contributed by atoms with E-state index in [-0.39, 0.29) is 6.04 Å². The molecule has 1 aromatic rings. The second-order valence-electron chi connectivity index (χ2n) is 5.78. The lowest BCUT2D eigenvalue weighted by Crippen LogP contribution is -2.37. The molecule has 0 radical (unpaired) electrons. The second kappa shape index (κ2) is 6.73. The quantitative estimate of drug-likeness (QED) is 0.644. The standard InChI is InChI=1S/C14H25ClN4/c1-3-7-19-14(12(15)9-17-19)13(18-16)11-6-4-5-10(2)8-11/h9-11,13,18H,3-8,16H2,1-2H3. The zero-order valence-corrected chi connectivity index (χ0v) is 12.7. The first-order chi connectivity index (χ1) is 9.17. The van der Waals surface area contributed by atoms with Crippen molar-refractivity contribution in [2.45, 2.75) is 58.5 Å². The van der Waals surface area contributed by atoms with Crippen LogP contribution in [0.25, 0.3) is 0 Å². The summed E-state index contributed by atoms with van der Waals surface area (Å²) in [5, 5.41) is 5.11. The molecule has 0 aliphatic heterocycles. The molecule has 1 saturated carbocycles. The molecule has 1 aliphatic carbocycles. The highest BCUT2D eigenvalue weighted by Crippen LogP contribution is 2.38. The Labute approximate surface area is 120 Å². The number of nitrogens with zero attached hydrogens (tertiary/aromatic N) is 2. The Morgan fingerprint density at radius 2 is 2.37 bits per heavy atom. The third-order valence-electron chi connectivity index (χ3n) is 4.19. The summed E-state index contributed by atoms with van der Waals surface area (Å²) in [7, 11) is 0. The molecule has 2 rings (SSSR count). The van der Waals surface area contributed by atoms with Crippen molar-refractivity contribution < 1.29 is 0 Å². The Morgan fingerprint density at radius 3 is 3.00 bits per heavy atom. The van der Waals surface area contributed by atoms with Gasteiger partial charge in [-0.15, -0.1) is 0 Å². The van der Waals surface area contributed by atoms with Gasteiger partial charge in [-0.05, 0) is 31.1 Å². The molecule has 3 unspecified atom stereocenters. The van der Waals surface area contributed by atoms with Gasteiger partial charge < -0.3 is 0 Å². The molecule has 19 heavy (non-hydrogen) atoms. The predicted molar refractivity (Wildman–Crippen MR) is 78.7 cm³/mol. The highest BCUT2D eigenvalue weighted by Gasteiger charge is 2.30. The summed E-state index contributed by atoms with van der Waals surface area (Å²) in [6.07, 6.45) is 7.82. The molecule has 5 heteroatoms. The van der Waals surface area contributed by atoms with Gasteiger partial charge in [-0.3, -0.25) is 16.0 Å². The summed E-state index contributed by atoms with van der Waals surface area (Å²) >= 11 is 6.33. The first-order valence-electron chi connectivity index (χ1n) is 7.34. The van der Waals surface area contributed by atoms with Gasteiger partial charge in [0.1, 0.15) is 0 Å². The van der Waals surface area contributed by atoms with Crippen LogP contribution in [0.4, 0.5) is 0 Å². The zero-order chi connectivity index (χ0) is 13.8. The number of rotatable bonds is 5. The highest BCUT2D eigenvalue weighted by molar-refractivity contribution is 6.31. The summed E-state index contributed by atoms with van der Waals surface area (Å²) in [5.41, 5.74) is 4.05. The van der Waals surface area contributed by atoms with Gasteiger partial charge in [0.15, 0.2) is 0 Å². The second-order valence-corrected chi connectivity index (χ2v) is 6.18. The molecule has 3 atom stereocenters. The van der Waals surface area contributed by atoms with Crippen molar-refractivity contribution in [3.63, 3.8) is 0 Å². The molecule has 0 spiro atoms. The molecule has 3 N–H and O–H groups in total. The molecule has 1 fully saturated rings. The predicted octanol–water partition coefficient (Wildman–Crippen LogP) is 3.28. The first kappa shape index (κ1) is 14.8. The van der Waals surface area contributed by atoms with Crippen LogP contribution < -0.4 is 11.3 Å². The van der Waals surface area contributed by atoms with Crippen LogP contribution >= 0.6 is 11.6 Å². The topological polar surface area (TPSA) is 55.9 Å². The normalized spacial score (nSPS) is 25.5. The van der Waals surface area contributed by atoms with Crippen molar-refractivity contribution in [1.82, 2.24) is 15.2 Å². The van der Waals surface area contributed by atoms with Gasteiger partial charge in [-0.25, -0.2) is 0 Å². The number of nitrogens with two attached hydrogens (primary N) is 1. The van der Waals surface area contributed by atoms with Crippen molar-refractivity contribution >= 4 is 11.6 Å². The fourth-order valence-electron chi connectivity index (χ4n) is 3.29. The van der Waals surface area contributed by atoms with Crippen molar-refractivity contribution in [2.75, 3.05) is 0 Å². The van der Waals surface area contributed by atoms with E-state index < -0.39 is 0 Å². The van der Waals surface area contributed by atoms with Crippen LogP contribution in [0.2, 0.25) is 5.02 Å². The molecule has 0 aromatic carbocycles. The van der Waals surface area contributed by atoms with E-state index in [2.05, 4.69) is 24.4 Å². The number of hydrogen-bond acceptors (Lipinski definition) is 3. The van der Waals surface area contributed by atoms with E-state index in [9.17, 15) is 0 Å². The van der Waals surface area contributed by atoms with Gasteiger partial charge in [-0.2, -0.15) is 5.10 Å². The smallest absolute Gasteiger partial charge is 0.0834 e. The summed E-state index contributed by atoms with van der Waals surface area (Å²) in [4.78, 5) is 0. The monoisotopic (exact) mass is 284 g/mol. The fourth-order valence-corrected chi connectivity index (χ4v) is 3.55. The van der Waals surface area contributed by atoms with Crippen LogP contribution in [0.15, 0.2) is 6.20 Å². The number of aryl methyl sites for hydroxylation is 1. The average molecular weight is 285 g/mol. The minimum absolute atomic E-state index is 0.115. The summed E-state index contributed by atoms with van der Waals surface area (Å²) < 4.78 is 2.01. The van der Waals surface area contributed by atoms with Crippen LogP contribution in [0.1, 0.15) is 57.7 Å². The van der Waals surface area contributed by atoms with E-state index in [0.29, 0.717) is 5.92 Å². The molecule has 1 aliphatic rings. The van der Waals surface area contributed by atoms with Crippen LogP contribution in [-0.4, -0.2) is 9.78 Å². The number of hydrazine groups is 1. The number of aromatic nitrogens is 2. The molecular formula is C14H25ClN4. The van der Waals surface area contributed by atoms with Crippen molar-refractivity contribution in [1.29, 1.82) is 0 Å². The highest BCUT2D eigenvalue weighted by atomic mass is 35.5. The van der Waals surface area contributed by atoms with E-state index in [1.54, 1.807) is 6.20 Å². The number of nitrogens with one attached hydrogen (secondary N) is 1. The molecule has 0 amide bonds. The van der Waals surface area contributed by atoms with E-state index >= 15 is 0 Å². The first-order valence-corrected chi connectivity index (χ1v) is 7.72. The van der Waals surface area contributed by atoms with Crippen LogP contribution in [0, 0.1) is 11.8 Å². The van der Waals surface area contributed by atoms with Crippen molar-refractivity contribution in [2.24, 2.45) is 17.7 Å². The molecule has 0 bridgehead atoms. The molecule has 4 nitrogen and oxygen atoms in total. The van der Waals surface area contributed by atoms with Crippen molar-refractivity contribution in [3.05, 3.63) is 16.9 Å². The zero-order valence-electron chi connectivity index (χ0n) is 11.9. The number of hydrogen-bond donors (Lipinski definition) is 2. The lowest BCUT2D eigenvalue weighted by Gasteiger charge is -2.33. The Bertz CT molecular complexity index is 404. The fraction of sp³-hybridized carbons (Fsp3) is 0.786. The van der Waals surface area contributed by atoms with Gasteiger partial charge in [0, 0.05) is 6.54 Å². The minimum atomic E-state index is 0.115. The van der Waals surface area contributed by atoms with Crippen molar-refractivity contribution in [3.8, 4) is 0 Å². The SMILES string of the molecule is CCCn1ncc(Cl)c1C(NN)C1CCCC(C)C1. The van der Waals surface area contributed by atoms with Gasteiger partial charge in [0.2, 0.25) is 0 Å². The Balaban J connectivity index is 2.23. The summed E-state index contributed by atoms with van der Waals surface area (Å²) in [6, 6.07) is 0.115. The summed E-state index contributed by atoms with van der Waals surface area (Å²) in [5.74, 6) is 7.15. The van der Waals surface area contributed by atoms with Gasteiger partial charge in [0.05, 0.1) is 23.0 Å². The maximum absolute atomic E-state index is 6.33. The molecule has 1 heterocycles. The average Bonchev–Trinajstić information content (AvgIpc) is 2.74. The minimum Gasteiger partial charge on any atom is -0.271 e. The third-order valence-corrected chi connectivity index (χ3v) is 4.48. The van der Waals surface area contributed by atoms with Crippen LogP contribution in [-0.2, 0) is 6.54 Å². The Hall–Kier alpha value is -0.580. The molecule has 0 saturated heterocycles. The van der Waals surface area contributed by atoms with E-state index in [4.69, 9.17) is 17.4 Å². The molecular weight excluding hydrogens is 260 g/mol. The lowest BCUT2D eigenvalue weighted by atomic mass is 9.78. The van der Waals surface area contributed by atoms with Gasteiger partial charge >= 0.3 is 0 Å². The van der Waals surface area contributed by atoms with Crippen LogP contribution in [0.5, 0.6) is 0 Å².